The summed E-state index contributed by atoms with van der Waals surface area (Å²) in [5.41, 5.74) is -0.308. The predicted octanol–water partition coefficient (Wildman–Crippen LogP) is 2.10. The van der Waals surface area contributed by atoms with Crippen molar-refractivity contribution in [3.05, 3.63) is 41.7 Å². The van der Waals surface area contributed by atoms with Gasteiger partial charge >= 0.3 is 5.97 Å². The van der Waals surface area contributed by atoms with Crippen LogP contribution in [0.15, 0.2) is 29.4 Å². The summed E-state index contributed by atoms with van der Waals surface area (Å²) in [4.78, 5) is 10.3. The standard InChI is InChI=1S/C16H19FN4O4S/c17-13-7-6-11(16(22)23)8-14(13)26(24,25)19-9-15-20-18-10-21(15)12-4-2-1-3-5-12/h6-8,10,12,19H,1-5,9H2,(H,22,23). The first-order valence-corrected chi connectivity index (χ1v) is 9.77. The first-order valence-electron chi connectivity index (χ1n) is 8.29. The summed E-state index contributed by atoms with van der Waals surface area (Å²) < 4.78 is 42.9. The van der Waals surface area contributed by atoms with E-state index in [1.165, 1.54) is 6.42 Å². The number of carboxylic acid groups (broad SMARTS) is 1. The van der Waals surface area contributed by atoms with E-state index in [1.54, 1.807) is 6.33 Å². The molecule has 2 N–H and O–H groups in total. The molecule has 1 fully saturated rings. The molecule has 0 saturated heterocycles. The molecule has 1 heterocycles. The average molecular weight is 382 g/mol. The minimum atomic E-state index is -4.24. The van der Waals surface area contributed by atoms with Crippen LogP contribution in [0.4, 0.5) is 4.39 Å². The zero-order chi connectivity index (χ0) is 18.7. The molecule has 0 unspecified atom stereocenters. The number of aromatic carboxylic acids is 1. The molecule has 10 heteroatoms. The lowest BCUT2D eigenvalue weighted by Crippen LogP contribution is -2.27. The van der Waals surface area contributed by atoms with Crippen molar-refractivity contribution >= 4 is 16.0 Å². The molecule has 2 aromatic rings. The zero-order valence-corrected chi connectivity index (χ0v) is 14.7. The number of hydrogen-bond donors (Lipinski definition) is 2. The molecule has 0 aliphatic heterocycles. The predicted molar refractivity (Wildman–Crippen MR) is 89.5 cm³/mol. The summed E-state index contributed by atoms with van der Waals surface area (Å²) in [6.07, 6.45) is 6.91. The minimum Gasteiger partial charge on any atom is -0.478 e. The third kappa shape index (κ3) is 3.91. The summed E-state index contributed by atoms with van der Waals surface area (Å²) >= 11 is 0. The van der Waals surface area contributed by atoms with Crippen molar-refractivity contribution in [3.63, 3.8) is 0 Å². The van der Waals surface area contributed by atoms with Crippen LogP contribution < -0.4 is 4.72 Å². The van der Waals surface area contributed by atoms with E-state index in [0.29, 0.717) is 5.82 Å². The highest BCUT2D eigenvalue weighted by molar-refractivity contribution is 7.89. The Hall–Kier alpha value is -2.33. The SMILES string of the molecule is O=C(O)c1ccc(F)c(S(=O)(=O)NCc2nncn2C2CCCCC2)c1. The summed E-state index contributed by atoms with van der Waals surface area (Å²) in [5.74, 6) is -1.91. The molecule has 1 aliphatic rings. The average Bonchev–Trinajstić information content (AvgIpc) is 3.09. The van der Waals surface area contributed by atoms with Crippen LogP contribution in [-0.4, -0.2) is 34.3 Å². The van der Waals surface area contributed by atoms with Gasteiger partial charge in [0.05, 0.1) is 12.1 Å². The van der Waals surface area contributed by atoms with Gasteiger partial charge in [0.2, 0.25) is 10.0 Å². The van der Waals surface area contributed by atoms with Crippen LogP contribution in [0.25, 0.3) is 0 Å². The molecule has 0 atom stereocenters. The summed E-state index contributed by atoms with van der Waals surface area (Å²) in [6, 6.07) is 2.86. The molecular formula is C16H19FN4O4S. The number of sulfonamides is 1. The Balaban J connectivity index is 1.78. The molecule has 1 aliphatic carbocycles. The molecule has 8 nitrogen and oxygen atoms in total. The van der Waals surface area contributed by atoms with Crippen LogP contribution in [0.1, 0.15) is 54.3 Å². The number of nitrogens with one attached hydrogen (secondary N) is 1. The number of carbonyl (C=O) groups is 1. The normalized spacial score (nSPS) is 15.9. The lowest BCUT2D eigenvalue weighted by molar-refractivity contribution is 0.0696. The highest BCUT2D eigenvalue weighted by atomic mass is 32.2. The smallest absolute Gasteiger partial charge is 0.335 e. The number of carboxylic acids is 1. The third-order valence-corrected chi connectivity index (χ3v) is 5.92. The maximum Gasteiger partial charge on any atom is 0.335 e. The number of aromatic nitrogens is 3. The van der Waals surface area contributed by atoms with Gasteiger partial charge in [0.1, 0.15) is 22.9 Å². The maximum atomic E-state index is 13.9. The van der Waals surface area contributed by atoms with Crippen LogP contribution >= 0.6 is 0 Å². The molecule has 1 aromatic heterocycles. The Morgan fingerprint density at radius 3 is 2.73 bits per heavy atom. The van der Waals surface area contributed by atoms with Gasteiger partial charge in [-0.05, 0) is 31.0 Å². The van der Waals surface area contributed by atoms with E-state index in [9.17, 15) is 17.6 Å². The van der Waals surface area contributed by atoms with Gasteiger partial charge in [0.15, 0.2) is 0 Å². The van der Waals surface area contributed by atoms with Gasteiger partial charge in [-0.15, -0.1) is 10.2 Å². The van der Waals surface area contributed by atoms with E-state index < -0.39 is 26.7 Å². The number of rotatable bonds is 6. The van der Waals surface area contributed by atoms with Crippen molar-refractivity contribution in [1.29, 1.82) is 0 Å². The quantitative estimate of drug-likeness (QED) is 0.791. The Morgan fingerprint density at radius 2 is 2.04 bits per heavy atom. The molecule has 1 aromatic carbocycles. The molecule has 0 spiro atoms. The second kappa shape index (κ2) is 7.50. The highest BCUT2D eigenvalue weighted by Gasteiger charge is 2.23. The summed E-state index contributed by atoms with van der Waals surface area (Å²) in [5, 5.41) is 16.8. The second-order valence-electron chi connectivity index (χ2n) is 6.22. The molecule has 0 amide bonds. The van der Waals surface area contributed by atoms with Gasteiger partial charge in [-0.3, -0.25) is 0 Å². The molecule has 3 rings (SSSR count). The van der Waals surface area contributed by atoms with E-state index in [2.05, 4.69) is 14.9 Å². The first kappa shape index (κ1) is 18.5. The van der Waals surface area contributed by atoms with Crippen molar-refractivity contribution < 1.29 is 22.7 Å². The van der Waals surface area contributed by atoms with Crippen molar-refractivity contribution in [3.8, 4) is 0 Å². The van der Waals surface area contributed by atoms with Crippen LogP contribution in [0.5, 0.6) is 0 Å². The molecular weight excluding hydrogens is 363 g/mol. The maximum absolute atomic E-state index is 13.9. The Kier molecular flexibility index (Phi) is 5.33. The first-order chi connectivity index (χ1) is 12.4. The fourth-order valence-electron chi connectivity index (χ4n) is 3.14. The molecule has 26 heavy (non-hydrogen) atoms. The summed E-state index contributed by atoms with van der Waals surface area (Å²) in [6.45, 7) is -0.157. The lowest BCUT2D eigenvalue weighted by Gasteiger charge is -2.24. The molecule has 0 radical (unpaired) electrons. The van der Waals surface area contributed by atoms with E-state index in [1.807, 2.05) is 4.57 Å². The van der Waals surface area contributed by atoms with Crippen LogP contribution in [0.3, 0.4) is 0 Å². The fraction of sp³-hybridized carbons (Fsp3) is 0.438. The van der Waals surface area contributed by atoms with Gasteiger partial charge in [0.25, 0.3) is 0 Å². The molecule has 140 valence electrons. The number of halogens is 1. The lowest BCUT2D eigenvalue weighted by atomic mass is 9.95. The van der Waals surface area contributed by atoms with Gasteiger partial charge in [-0.1, -0.05) is 19.3 Å². The Bertz CT molecular complexity index is 907. The van der Waals surface area contributed by atoms with Gasteiger partial charge in [-0.2, -0.15) is 0 Å². The zero-order valence-electron chi connectivity index (χ0n) is 13.9. The number of benzene rings is 1. The minimum absolute atomic E-state index is 0.157. The summed E-state index contributed by atoms with van der Waals surface area (Å²) in [7, 11) is -4.24. The van der Waals surface area contributed by atoms with E-state index in [-0.39, 0.29) is 18.2 Å². The van der Waals surface area contributed by atoms with Gasteiger partial charge < -0.3 is 9.67 Å². The topological polar surface area (TPSA) is 114 Å². The Morgan fingerprint density at radius 1 is 1.31 bits per heavy atom. The monoisotopic (exact) mass is 382 g/mol. The van der Waals surface area contributed by atoms with Gasteiger partial charge in [-0.25, -0.2) is 22.3 Å². The highest BCUT2D eigenvalue weighted by Crippen LogP contribution is 2.28. The van der Waals surface area contributed by atoms with Crippen molar-refractivity contribution in [2.45, 2.75) is 49.6 Å². The third-order valence-electron chi connectivity index (χ3n) is 4.50. The fourth-order valence-corrected chi connectivity index (χ4v) is 4.22. The van der Waals surface area contributed by atoms with Crippen molar-refractivity contribution in [1.82, 2.24) is 19.5 Å². The van der Waals surface area contributed by atoms with Crippen LogP contribution in [0, 0.1) is 5.82 Å². The van der Waals surface area contributed by atoms with E-state index in [4.69, 9.17) is 5.11 Å². The Labute approximate surface area is 150 Å². The van der Waals surface area contributed by atoms with E-state index >= 15 is 0 Å². The number of nitrogens with zero attached hydrogens (tertiary/aromatic N) is 3. The van der Waals surface area contributed by atoms with Crippen molar-refractivity contribution in [2.75, 3.05) is 0 Å². The second-order valence-corrected chi connectivity index (χ2v) is 7.96. The van der Waals surface area contributed by atoms with Crippen molar-refractivity contribution in [2.24, 2.45) is 0 Å². The van der Waals surface area contributed by atoms with Gasteiger partial charge in [0, 0.05) is 6.04 Å². The van der Waals surface area contributed by atoms with Crippen LogP contribution in [0.2, 0.25) is 0 Å². The molecule has 1 saturated carbocycles. The van der Waals surface area contributed by atoms with E-state index in [0.717, 1.165) is 43.9 Å². The molecule has 0 bridgehead atoms. The number of hydrogen-bond acceptors (Lipinski definition) is 5. The largest absolute Gasteiger partial charge is 0.478 e. The van der Waals surface area contributed by atoms with Crippen LogP contribution in [-0.2, 0) is 16.6 Å².